The van der Waals surface area contributed by atoms with Gasteiger partial charge in [0.25, 0.3) is 0 Å². The number of hydrogen-bond acceptors (Lipinski definition) is 5. The molecule has 1 N–H and O–H groups in total. The Labute approximate surface area is 215 Å². The molecular formula is C27H39N3O5S. The van der Waals surface area contributed by atoms with Gasteiger partial charge in [0.1, 0.15) is 11.8 Å². The van der Waals surface area contributed by atoms with E-state index in [2.05, 4.69) is 5.32 Å². The highest BCUT2D eigenvalue weighted by atomic mass is 32.2. The zero-order valence-corrected chi connectivity index (χ0v) is 23.0. The maximum atomic E-state index is 13.4. The van der Waals surface area contributed by atoms with E-state index in [1.54, 1.807) is 25.0 Å². The van der Waals surface area contributed by atoms with E-state index in [1.165, 1.54) is 10.6 Å². The van der Waals surface area contributed by atoms with Crippen molar-refractivity contribution in [2.24, 2.45) is 0 Å². The molecule has 2 aromatic carbocycles. The molecule has 0 radical (unpaired) electrons. The number of benzene rings is 2. The normalized spacial score (nSPS) is 12.1. The summed E-state index contributed by atoms with van der Waals surface area (Å²) in [5, 5.41) is 2.86. The third kappa shape index (κ3) is 7.98. The first-order chi connectivity index (χ1) is 17.0. The summed E-state index contributed by atoms with van der Waals surface area (Å²) in [6.07, 6.45) is 2.39. The minimum atomic E-state index is -3.54. The minimum absolute atomic E-state index is 0.103. The predicted octanol–water partition coefficient (Wildman–Crippen LogP) is 3.80. The van der Waals surface area contributed by atoms with Gasteiger partial charge >= 0.3 is 0 Å². The molecule has 0 aliphatic heterocycles. The molecule has 8 nitrogen and oxygen atoms in total. The molecule has 1 atom stereocenters. The Hall–Kier alpha value is -3.07. The molecule has 2 rings (SSSR count). The van der Waals surface area contributed by atoms with E-state index in [4.69, 9.17) is 4.74 Å². The van der Waals surface area contributed by atoms with Crippen LogP contribution >= 0.6 is 0 Å². The number of ether oxygens (including phenoxy) is 1. The summed E-state index contributed by atoms with van der Waals surface area (Å²) in [5.41, 5.74) is 3.33. The van der Waals surface area contributed by atoms with Gasteiger partial charge in [0, 0.05) is 26.1 Å². The first kappa shape index (κ1) is 29.2. The Balaban J connectivity index is 2.21. The van der Waals surface area contributed by atoms with Crippen molar-refractivity contribution in [3.05, 3.63) is 59.2 Å². The molecule has 0 heterocycles. The Morgan fingerprint density at radius 2 is 1.81 bits per heavy atom. The number of amides is 2. The Morgan fingerprint density at radius 1 is 1.11 bits per heavy atom. The predicted molar refractivity (Wildman–Crippen MR) is 144 cm³/mol. The topological polar surface area (TPSA) is 96.0 Å². The van der Waals surface area contributed by atoms with Crippen molar-refractivity contribution in [2.75, 3.05) is 30.8 Å². The molecule has 2 amide bonds. The smallest absolute Gasteiger partial charge is 0.242 e. The fraction of sp³-hybridized carbons (Fsp3) is 0.481. The summed E-state index contributed by atoms with van der Waals surface area (Å²) in [6.45, 7) is 8.44. The maximum absolute atomic E-state index is 13.4. The molecule has 2 aromatic rings. The fourth-order valence-electron chi connectivity index (χ4n) is 3.93. The summed E-state index contributed by atoms with van der Waals surface area (Å²) in [7, 11) is -1.97. The lowest BCUT2D eigenvalue weighted by molar-refractivity contribution is -0.140. The molecule has 0 fully saturated rings. The molecule has 0 spiro atoms. The lowest BCUT2D eigenvalue weighted by Gasteiger charge is -2.30. The van der Waals surface area contributed by atoms with Gasteiger partial charge < -0.3 is 15.0 Å². The Morgan fingerprint density at radius 3 is 2.44 bits per heavy atom. The number of methoxy groups -OCH3 is 1. The van der Waals surface area contributed by atoms with Gasteiger partial charge in [0.2, 0.25) is 21.8 Å². The van der Waals surface area contributed by atoms with Gasteiger partial charge in [-0.25, -0.2) is 8.42 Å². The van der Waals surface area contributed by atoms with Crippen molar-refractivity contribution in [2.45, 2.75) is 59.5 Å². The summed E-state index contributed by atoms with van der Waals surface area (Å²) >= 11 is 0. The summed E-state index contributed by atoms with van der Waals surface area (Å²) in [5.74, 6) is 0.230. The molecule has 0 aliphatic rings. The summed E-state index contributed by atoms with van der Waals surface area (Å²) < 4.78 is 31.8. The van der Waals surface area contributed by atoms with Crippen molar-refractivity contribution in [1.29, 1.82) is 0 Å². The quantitative estimate of drug-likeness (QED) is 0.436. The second kappa shape index (κ2) is 13.3. The third-order valence-corrected chi connectivity index (χ3v) is 7.38. The van der Waals surface area contributed by atoms with Crippen LogP contribution in [-0.2, 0) is 26.2 Å². The van der Waals surface area contributed by atoms with Crippen LogP contribution in [0.1, 0.15) is 49.8 Å². The van der Waals surface area contributed by atoms with Crippen molar-refractivity contribution in [3.63, 3.8) is 0 Å². The fourth-order valence-corrected chi connectivity index (χ4v) is 4.95. The molecule has 0 aromatic heterocycles. The van der Waals surface area contributed by atoms with Gasteiger partial charge in [-0.2, -0.15) is 0 Å². The average Bonchev–Trinajstić information content (AvgIpc) is 2.84. The Bertz CT molecular complexity index is 1150. The monoisotopic (exact) mass is 517 g/mol. The molecular weight excluding hydrogens is 478 g/mol. The van der Waals surface area contributed by atoms with Gasteiger partial charge in [0.15, 0.2) is 0 Å². The van der Waals surface area contributed by atoms with Crippen LogP contribution in [-0.4, -0.2) is 57.6 Å². The van der Waals surface area contributed by atoms with Crippen LogP contribution in [0.25, 0.3) is 0 Å². The molecule has 0 saturated heterocycles. The molecule has 9 heteroatoms. The van der Waals surface area contributed by atoms with Gasteiger partial charge in [-0.15, -0.1) is 0 Å². The van der Waals surface area contributed by atoms with E-state index in [1.807, 2.05) is 57.2 Å². The lowest BCUT2D eigenvalue weighted by atomic mass is 10.1. The number of carbonyl (C=O) groups excluding carboxylic acids is 2. The van der Waals surface area contributed by atoms with Gasteiger partial charge in [0.05, 0.1) is 19.1 Å². The molecule has 198 valence electrons. The highest BCUT2D eigenvalue weighted by Gasteiger charge is 2.27. The first-order valence-electron chi connectivity index (χ1n) is 12.2. The number of hydrogen-bond donors (Lipinski definition) is 1. The van der Waals surface area contributed by atoms with Crippen LogP contribution in [0.3, 0.4) is 0 Å². The number of nitrogens with zero attached hydrogens (tertiary/aromatic N) is 2. The second-order valence-electron chi connectivity index (χ2n) is 9.00. The van der Waals surface area contributed by atoms with Crippen molar-refractivity contribution in [3.8, 4) is 5.75 Å². The van der Waals surface area contributed by atoms with E-state index in [9.17, 15) is 18.0 Å². The third-order valence-electron chi connectivity index (χ3n) is 6.20. The highest BCUT2D eigenvalue weighted by molar-refractivity contribution is 7.92. The summed E-state index contributed by atoms with van der Waals surface area (Å²) in [6, 6.07) is 12.2. The lowest BCUT2D eigenvalue weighted by Crippen LogP contribution is -2.47. The highest BCUT2D eigenvalue weighted by Crippen LogP contribution is 2.25. The molecule has 0 unspecified atom stereocenters. The number of anilines is 1. The Kier molecular flexibility index (Phi) is 10.8. The van der Waals surface area contributed by atoms with Crippen LogP contribution in [0.4, 0.5) is 5.69 Å². The molecule has 0 bridgehead atoms. The van der Waals surface area contributed by atoms with Gasteiger partial charge in [-0.3, -0.25) is 13.9 Å². The van der Waals surface area contributed by atoms with Gasteiger partial charge in [-0.1, -0.05) is 31.2 Å². The van der Waals surface area contributed by atoms with Crippen LogP contribution < -0.4 is 14.4 Å². The zero-order chi connectivity index (χ0) is 26.9. The number of nitrogens with one attached hydrogen (secondary N) is 1. The van der Waals surface area contributed by atoms with Crippen molar-refractivity contribution in [1.82, 2.24) is 10.2 Å². The standard InChI is InChI=1S/C27H39N3O5S/c1-7-16-28-27(32)22(4)29(19-23-12-9-13-24(18-23)35-5)26(31)15-10-17-30(36(6,33)34)25-14-8-11-20(2)21(25)3/h8-9,11-14,18,22H,7,10,15-17,19H2,1-6H3,(H,28,32)/t22-/m1/s1. The minimum Gasteiger partial charge on any atom is -0.497 e. The maximum Gasteiger partial charge on any atom is 0.242 e. The van der Waals surface area contributed by atoms with E-state index < -0.39 is 16.1 Å². The first-order valence-corrected chi connectivity index (χ1v) is 14.1. The number of sulfonamides is 1. The largest absolute Gasteiger partial charge is 0.497 e. The number of aryl methyl sites for hydroxylation is 1. The average molecular weight is 518 g/mol. The van der Waals surface area contributed by atoms with Crippen LogP contribution in [0.2, 0.25) is 0 Å². The van der Waals surface area contributed by atoms with E-state index in [0.29, 0.717) is 24.4 Å². The van der Waals surface area contributed by atoms with Gasteiger partial charge in [-0.05, 0) is 68.5 Å². The molecule has 0 aliphatic carbocycles. The number of rotatable bonds is 13. The van der Waals surface area contributed by atoms with Crippen molar-refractivity contribution < 1.29 is 22.7 Å². The van der Waals surface area contributed by atoms with Crippen molar-refractivity contribution >= 4 is 27.5 Å². The molecule has 0 saturated carbocycles. The SMILES string of the molecule is CCCNC(=O)[C@@H](C)N(Cc1cccc(OC)c1)C(=O)CCCN(c1cccc(C)c1C)S(C)(=O)=O. The van der Waals surface area contributed by atoms with E-state index >= 15 is 0 Å². The van der Waals surface area contributed by atoms with Crippen LogP contribution in [0.15, 0.2) is 42.5 Å². The second-order valence-corrected chi connectivity index (χ2v) is 10.9. The summed E-state index contributed by atoms with van der Waals surface area (Å²) in [4.78, 5) is 27.6. The van der Waals surface area contributed by atoms with E-state index in [0.717, 1.165) is 23.1 Å². The zero-order valence-electron chi connectivity index (χ0n) is 22.2. The molecule has 36 heavy (non-hydrogen) atoms. The van der Waals surface area contributed by atoms with Crippen LogP contribution in [0.5, 0.6) is 5.75 Å². The van der Waals surface area contributed by atoms with E-state index in [-0.39, 0.29) is 31.3 Å². The van der Waals surface area contributed by atoms with Crippen LogP contribution in [0, 0.1) is 13.8 Å². The number of carbonyl (C=O) groups is 2.